The number of carbonyl (C=O) groups excluding carboxylic acids is 2. The predicted octanol–water partition coefficient (Wildman–Crippen LogP) is 3.53. The van der Waals surface area contributed by atoms with Crippen LogP contribution in [0.1, 0.15) is 44.9 Å². The normalized spacial score (nSPS) is 16.0. The Hall–Kier alpha value is -3.89. The number of amides is 1. The Morgan fingerprint density at radius 2 is 1.94 bits per heavy atom. The number of pyridine rings is 1. The van der Waals surface area contributed by atoms with Crippen LogP contribution in [0.2, 0.25) is 0 Å². The van der Waals surface area contributed by atoms with Crippen LogP contribution in [-0.2, 0) is 12.6 Å². The first-order chi connectivity index (χ1) is 15.6. The van der Waals surface area contributed by atoms with Crippen LogP contribution in [0, 0.1) is 0 Å². The molecule has 0 saturated heterocycles. The third-order valence-corrected chi connectivity index (χ3v) is 5.48. The molecular formula is C22H20F3N5O3. The van der Waals surface area contributed by atoms with Crippen molar-refractivity contribution in [1.82, 2.24) is 14.8 Å². The maximum absolute atomic E-state index is 13.3. The zero-order chi connectivity index (χ0) is 23.9. The summed E-state index contributed by atoms with van der Waals surface area (Å²) in [5.74, 6) is -0.592. The average Bonchev–Trinajstić information content (AvgIpc) is 3.19. The van der Waals surface area contributed by atoms with Gasteiger partial charge in [0.05, 0.1) is 24.9 Å². The molecular weight excluding hydrogens is 439 g/mol. The number of Topliss-reactive ketones (excluding diaryl/α,β-unsaturated/α-hetero) is 1. The number of aromatic nitrogens is 3. The summed E-state index contributed by atoms with van der Waals surface area (Å²) in [4.78, 5) is 31.6. The van der Waals surface area contributed by atoms with Crippen molar-refractivity contribution in [3.05, 3.63) is 65.1 Å². The first-order valence-electron chi connectivity index (χ1n) is 9.99. The summed E-state index contributed by atoms with van der Waals surface area (Å²) in [6.45, 7) is 2.05. The lowest BCUT2D eigenvalue weighted by Gasteiger charge is -2.32. The Morgan fingerprint density at radius 1 is 1.24 bits per heavy atom. The molecule has 0 spiro atoms. The highest BCUT2D eigenvalue weighted by atomic mass is 19.4. The van der Waals surface area contributed by atoms with E-state index < -0.39 is 23.4 Å². The van der Waals surface area contributed by atoms with Gasteiger partial charge in [-0.15, -0.1) is 0 Å². The molecule has 1 aliphatic heterocycles. The first-order valence-corrected chi connectivity index (χ1v) is 9.99. The molecule has 0 fully saturated rings. The number of methoxy groups -OCH3 is 1. The summed E-state index contributed by atoms with van der Waals surface area (Å²) >= 11 is 0. The van der Waals surface area contributed by atoms with Gasteiger partial charge in [-0.3, -0.25) is 14.3 Å². The number of hydrogen-bond donors (Lipinski definition) is 1. The lowest BCUT2D eigenvalue weighted by molar-refractivity contribution is -0.137. The van der Waals surface area contributed by atoms with E-state index in [-0.39, 0.29) is 41.8 Å². The minimum atomic E-state index is -4.47. The van der Waals surface area contributed by atoms with Gasteiger partial charge in [-0.05, 0) is 37.3 Å². The quantitative estimate of drug-likeness (QED) is 0.586. The standard InChI is InChI=1S/C22H20F3N5O3/c1-12-11-29(15-5-3-14(4-6-15)22(23,24)25)21(32)19-13(10-28-30(12)19)9-16(31)18-17(33-2)7-8-27-20(18)26/h3-8,10,12H,9,11H2,1-2H3,(H2,26,27)/t12-/m0/s1. The van der Waals surface area contributed by atoms with Crippen LogP contribution in [-0.4, -0.2) is 40.1 Å². The van der Waals surface area contributed by atoms with Gasteiger partial charge in [-0.2, -0.15) is 18.3 Å². The smallest absolute Gasteiger partial charge is 0.416 e. The van der Waals surface area contributed by atoms with Crippen molar-refractivity contribution in [2.75, 3.05) is 24.3 Å². The topological polar surface area (TPSA) is 103 Å². The van der Waals surface area contributed by atoms with Crippen LogP contribution >= 0.6 is 0 Å². The number of hydrogen-bond acceptors (Lipinski definition) is 6. The number of alkyl halides is 3. The molecule has 11 heteroatoms. The van der Waals surface area contributed by atoms with E-state index in [4.69, 9.17) is 10.5 Å². The van der Waals surface area contributed by atoms with Gasteiger partial charge >= 0.3 is 6.18 Å². The van der Waals surface area contributed by atoms with Crippen LogP contribution in [0.5, 0.6) is 5.75 Å². The lowest BCUT2D eigenvalue weighted by atomic mass is 10.0. The molecule has 0 saturated carbocycles. The molecule has 0 radical (unpaired) electrons. The van der Waals surface area contributed by atoms with Gasteiger partial charge in [-0.1, -0.05) is 0 Å². The Kier molecular flexibility index (Phi) is 5.56. The van der Waals surface area contributed by atoms with Gasteiger partial charge in [0.25, 0.3) is 5.91 Å². The number of rotatable bonds is 5. The zero-order valence-corrected chi connectivity index (χ0v) is 17.8. The summed E-state index contributed by atoms with van der Waals surface area (Å²) < 4.78 is 45.5. The molecule has 8 nitrogen and oxygen atoms in total. The highest BCUT2D eigenvalue weighted by molar-refractivity contribution is 6.09. The third-order valence-electron chi connectivity index (χ3n) is 5.48. The van der Waals surface area contributed by atoms with E-state index in [1.165, 1.54) is 47.3 Å². The predicted molar refractivity (Wildman–Crippen MR) is 113 cm³/mol. The SMILES string of the molecule is COc1ccnc(N)c1C(=O)Cc1cnn2c1C(=O)N(c1ccc(C(F)(F)F)cc1)C[C@@H]2C. The van der Waals surface area contributed by atoms with Crippen LogP contribution in [0.15, 0.2) is 42.7 Å². The number of anilines is 2. The van der Waals surface area contributed by atoms with Crippen molar-refractivity contribution in [3.8, 4) is 5.75 Å². The Balaban J connectivity index is 1.66. The first kappa shape index (κ1) is 22.3. The highest BCUT2D eigenvalue weighted by Gasteiger charge is 2.35. The Labute approximate surface area is 186 Å². The molecule has 3 heterocycles. The second-order valence-corrected chi connectivity index (χ2v) is 7.65. The van der Waals surface area contributed by atoms with Crippen LogP contribution in [0.4, 0.5) is 24.7 Å². The molecule has 1 aliphatic rings. The molecule has 0 bridgehead atoms. The minimum Gasteiger partial charge on any atom is -0.496 e. The molecule has 3 aromatic rings. The number of halogens is 3. The second-order valence-electron chi connectivity index (χ2n) is 7.65. The molecule has 0 aliphatic carbocycles. The number of carbonyl (C=O) groups is 2. The number of ether oxygens (including phenoxy) is 1. The molecule has 2 aromatic heterocycles. The Morgan fingerprint density at radius 3 is 2.58 bits per heavy atom. The molecule has 0 unspecified atom stereocenters. The maximum Gasteiger partial charge on any atom is 0.416 e. The molecule has 33 heavy (non-hydrogen) atoms. The van der Waals surface area contributed by atoms with Crippen molar-refractivity contribution in [1.29, 1.82) is 0 Å². The van der Waals surface area contributed by atoms with Crippen molar-refractivity contribution in [2.24, 2.45) is 0 Å². The molecule has 2 N–H and O–H groups in total. The van der Waals surface area contributed by atoms with E-state index in [0.717, 1.165) is 12.1 Å². The van der Waals surface area contributed by atoms with Gasteiger partial charge < -0.3 is 15.4 Å². The average molecular weight is 459 g/mol. The molecule has 1 aromatic carbocycles. The van der Waals surface area contributed by atoms with Gasteiger partial charge in [0, 0.05) is 30.4 Å². The summed E-state index contributed by atoms with van der Waals surface area (Å²) in [6.07, 6.45) is -1.79. The van der Waals surface area contributed by atoms with E-state index in [1.54, 1.807) is 0 Å². The Bertz CT molecular complexity index is 1220. The number of ketones is 1. The van der Waals surface area contributed by atoms with Crippen LogP contribution in [0.3, 0.4) is 0 Å². The zero-order valence-electron chi connectivity index (χ0n) is 17.8. The van der Waals surface area contributed by atoms with Crippen molar-refractivity contribution in [3.63, 3.8) is 0 Å². The van der Waals surface area contributed by atoms with Crippen LogP contribution < -0.4 is 15.4 Å². The number of nitrogen functional groups attached to an aromatic ring is 1. The van der Waals surface area contributed by atoms with Crippen molar-refractivity contribution < 1.29 is 27.5 Å². The maximum atomic E-state index is 13.3. The summed E-state index contributed by atoms with van der Waals surface area (Å²) in [5.41, 5.74) is 6.06. The van der Waals surface area contributed by atoms with Gasteiger partial charge in [0.1, 0.15) is 22.8 Å². The molecule has 1 atom stereocenters. The second kappa shape index (κ2) is 8.23. The summed E-state index contributed by atoms with van der Waals surface area (Å²) in [7, 11) is 1.40. The van der Waals surface area contributed by atoms with E-state index in [9.17, 15) is 22.8 Å². The van der Waals surface area contributed by atoms with Crippen molar-refractivity contribution >= 4 is 23.2 Å². The van der Waals surface area contributed by atoms with Gasteiger partial charge in [0.15, 0.2) is 5.78 Å². The fourth-order valence-electron chi connectivity index (χ4n) is 3.87. The van der Waals surface area contributed by atoms with E-state index in [2.05, 4.69) is 10.1 Å². The number of nitrogens with two attached hydrogens (primary N) is 1. The van der Waals surface area contributed by atoms with E-state index >= 15 is 0 Å². The number of fused-ring (bicyclic) bond motifs is 1. The highest BCUT2D eigenvalue weighted by Crippen LogP contribution is 2.33. The molecule has 172 valence electrons. The van der Waals surface area contributed by atoms with Crippen molar-refractivity contribution in [2.45, 2.75) is 25.6 Å². The number of benzene rings is 1. The largest absolute Gasteiger partial charge is 0.496 e. The number of nitrogens with zero attached hydrogens (tertiary/aromatic N) is 4. The summed E-state index contributed by atoms with van der Waals surface area (Å²) in [6, 6.07) is 5.62. The monoisotopic (exact) mass is 459 g/mol. The minimum absolute atomic E-state index is 0.00598. The van der Waals surface area contributed by atoms with Gasteiger partial charge in [0.2, 0.25) is 0 Å². The third kappa shape index (κ3) is 4.01. The van der Waals surface area contributed by atoms with E-state index in [0.29, 0.717) is 11.3 Å². The van der Waals surface area contributed by atoms with Crippen LogP contribution in [0.25, 0.3) is 0 Å². The fraction of sp³-hybridized carbons (Fsp3) is 0.273. The summed E-state index contributed by atoms with van der Waals surface area (Å²) in [5, 5.41) is 4.26. The fourth-order valence-corrected chi connectivity index (χ4v) is 3.87. The lowest BCUT2D eigenvalue weighted by Crippen LogP contribution is -2.43. The van der Waals surface area contributed by atoms with Gasteiger partial charge in [-0.25, -0.2) is 4.98 Å². The molecule has 4 rings (SSSR count). The molecule has 1 amide bonds. The van der Waals surface area contributed by atoms with E-state index in [1.807, 2.05) is 6.92 Å².